The second-order valence-electron chi connectivity index (χ2n) is 5.50. The zero-order valence-electron chi connectivity index (χ0n) is 11.7. The van der Waals surface area contributed by atoms with Crippen molar-refractivity contribution >= 4 is 5.91 Å². The Bertz CT molecular complexity index is 632. The number of aromatic nitrogens is 3. The van der Waals surface area contributed by atoms with Crippen LogP contribution in [0.25, 0.3) is 11.3 Å². The van der Waals surface area contributed by atoms with E-state index in [1.165, 1.54) is 25.7 Å². The first kappa shape index (κ1) is 13.8. The third kappa shape index (κ3) is 3.11. The van der Waals surface area contributed by atoms with Crippen molar-refractivity contribution in [2.24, 2.45) is 5.92 Å². The fraction of sp³-hybridized carbons (Fsp3) is 0.400. The first-order chi connectivity index (χ1) is 10.3. The first-order valence-electron chi connectivity index (χ1n) is 7.21. The van der Waals surface area contributed by atoms with E-state index >= 15 is 0 Å². The van der Waals surface area contributed by atoms with Crippen molar-refractivity contribution in [3.05, 3.63) is 36.0 Å². The fourth-order valence-corrected chi connectivity index (χ4v) is 2.86. The lowest BCUT2D eigenvalue weighted by molar-refractivity contribution is 0.0706. The molecule has 0 bridgehead atoms. The molecule has 1 aliphatic rings. The second-order valence-corrected chi connectivity index (χ2v) is 5.50. The molecule has 1 amide bonds. The van der Waals surface area contributed by atoms with E-state index in [-0.39, 0.29) is 0 Å². The van der Waals surface area contributed by atoms with Crippen LogP contribution in [-0.4, -0.2) is 26.1 Å². The van der Waals surface area contributed by atoms with Crippen molar-refractivity contribution in [1.82, 2.24) is 20.5 Å². The molecule has 1 saturated carbocycles. The average Bonchev–Trinajstić information content (AvgIpc) is 3.19. The maximum absolute atomic E-state index is 11.4. The topological polar surface area (TPSA) is 80.0 Å². The van der Waals surface area contributed by atoms with Crippen molar-refractivity contribution < 1.29 is 10.0 Å². The van der Waals surface area contributed by atoms with Gasteiger partial charge in [0.2, 0.25) is 0 Å². The molecular weight excluding hydrogens is 268 g/mol. The number of amides is 1. The van der Waals surface area contributed by atoms with Crippen LogP contribution in [0.4, 0.5) is 0 Å². The Balaban J connectivity index is 1.77. The van der Waals surface area contributed by atoms with Gasteiger partial charge in [0.05, 0.1) is 6.20 Å². The van der Waals surface area contributed by atoms with Crippen molar-refractivity contribution in [2.45, 2.75) is 32.2 Å². The van der Waals surface area contributed by atoms with Gasteiger partial charge in [-0.2, -0.15) is 0 Å². The highest BCUT2D eigenvalue weighted by Crippen LogP contribution is 2.26. The van der Waals surface area contributed by atoms with Crippen LogP contribution in [0.3, 0.4) is 0 Å². The van der Waals surface area contributed by atoms with Crippen molar-refractivity contribution in [2.75, 3.05) is 0 Å². The number of carbonyl (C=O) groups is 1. The lowest BCUT2D eigenvalue weighted by atomic mass is 10.1. The molecule has 2 N–H and O–H groups in total. The molecule has 2 aromatic rings. The third-order valence-electron chi connectivity index (χ3n) is 3.98. The summed E-state index contributed by atoms with van der Waals surface area (Å²) in [5, 5.41) is 17.0. The number of hydrogen-bond acceptors (Lipinski definition) is 4. The molecule has 1 aromatic carbocycles. The summed E-state index contributed by atoms with van der Waals surface area (Å²) in [5.74, 6) is 0.168. The minimum absolute atomic E-state index is 0.389. The molecule has 6 heteroatoms. The van der Waals surface area contributed by atoms with Crippen LogP contribution in [0.2, 0.25) is 0 Å². The van der Waals surface area contributed by atoms with Crippen LogP contribution in [-0.2, 0) is 6.54 Å². The number of rotatable bonds is 4. The number of hydroxylamine groups is 1. The highest BCUT2D eigenvalue weighted by atomic mass is 16.5. The average molecular weight is 286 g/mol. The minimum Gasteiger partial charge on any atom is -0.288 e. The maximum Gasteiger partial charge on any atom is 0.274 e. The zero-order chi connectivity index (χ0) is 14.7. The molecule has 0 atom stereocenters. The van der Waals surface area contributed by atoms with Crippen molar-refractivity contribution in [3.63, 3.8) is 0 Å². The predicted octanol–water partition coefficient (Wildman–Crippen LogP) is 2.25. The number of hydrogen-bond donors (Lipinski definition) is 2. The molecule has 1 aliphatic carbocycles. The summed E-state index contributed by atoms with van der Waals surface area (Å²) in [6.45, 7) is 0.907. The molecule has 1 fully saturated rings. The lowest BCUT2D eigenvalue weighted by Crippen LogP contribution is -2.18. The molecule has 6 nitrogen and oxygen atoms in total. The Labute approximate surface area is 122 Å². The standard InChI is InChI=1S/C15H18N4O2/c20-15(17-21)13-7-3-6-12(8-13)14-10-19(18-16-14)9-11-4-1-2-5-11/h3,6-8,10-11,21H,1-2,4-5,9H2,(H,17,20). The van der Waals surface area contributed by atoms with Gasteiger partial charge in [-0.1, -0.05) is 30.2 Å². The molecule has 3 rings (SSSR count). The van der Waals surface area contributed by atoms with Crippen LogP contribution in [0.15, 0.2) is 30.5 Å². The van der Waals surface area contributed by atoms with Gasteiger partial charge in [0.25, 0.3) is 5.91 Å². The van der Waals surface area contributed by atoms with Crippen LogP contribution >= 0.6 is 0 Å². The van der Waals surface area contributed by atoms with Gasteiger partial charge < -0.3 is 0 Å². The molecule has 1 heterocycles. The van der Waals surface area contributed by atoms with E-state index in [1.54, 1.807) is 23.7 Å². The van der Waals surface area contributed by atoms with Gasteiger partial charge in [-0.05, 0) is 30.9 Å². The quantitative estimate of drug-likeness (QED) is 0.667. The molecule has 0 aliphatic heterocycles. The van der Waals surface area contributed by atoms with Gasteiger partial charge in [0, 0.05) is 17.7 Å². The van der Waals surface area contributed by atoms with Gasteiger partial charge in [-0.25, -0.2) is 5.48 Å². The summed E-state index contributed by atoms with van der Waals surface area (Å²) in [4.78, 5) is 11.4. The smallest absolute Gasteiger partial charge is 0.274 e. The molecule has 0 saturated heterocycles. The summed E-state index contributed by atoms with van der Waals surface area (Å²) < 4.78 is 1.88. The summed E-state index contributed by atoms with van der Waals surface area (Å²) in [6.07, 6.45) is 7.06. The van der Waals surface area contributed by atoms with Crippen LogP contribution < -0.4 is 5.48 Å². The normalized spacial score (nSPS) is 15.3. The number of carbonyl (C=O) groups excluding carboxylic acids is 1. The highest BCUT2D eigenvalue weighted by molar-refractivity contribution is 5.94. The number of nitrogens with one attached hydrogen (secondary N) is 1. The Kier molecular flexibility index (Phi) is 3.96. The molecule has 0 spiro atoms. The van der Waals surface area contributed by atoms with E-state index in [0.29, 0.717) is 11.5 Å². The Morgan fingerprint density at radius 2 is 2.19 bits per heavy atom. The summed E-state index contributed by atoms with van der Waals surface area (Å²) in [5.41, 5.74) is 3.57. The van der Waals surface area contributed by atoms with E-state index in [4.69, 9.17) is 5.21 Å². The van der Waals surface area contributed by atoms with Gasteiger partial charge in [0.1, 0.15) is 5.69 Å². The molecular formula is C15H18N4O2. The largest absolute Gasteiger partial charge is 0.288 e. The molecule has 110 valence electrons. The van der Waals surface area contributed by atoms with Crippen LogP contribution in [0, 0.1) is 5.92 Å². The number of nitrogens with zero attached hydrogens (tertiary/aromatic N) is 3. The molecule has 0 radical (unpaired) electrons. The monoisotopic (exact) mass is 286 g/mol. The summed E-state index contributed by atoms with van der Waals surface area (Å²) in [6, 6.07) is 6.96. The van der Waals surface area contributed by atoms with Crippen LogP contribution in [0.5, 0.6) is 0 Å². The van der Waals surface area contributed by atoms with Crippen LogP contribution in [0.1, 0.15) is 36.0 Å². The van der Waals surface area contributed by atoms with E-state index < -0.39 is 5.91 Å². The fourth-order valence-electron chi connectivity index (χ4n) is 2.86. The predicted molar refractivity (Wildman–Crippen MR) is 76.7 cm³/mol. The van der Waals surface area contributed by atoms with Crippen molar-refractivity contribution in [1.29, 1.82) is 0 Å². The zero-order valence-corrected chi connectivity index (χ0v) is 11.7. The Hall–Kier alpha value is -2.21. The minimum atomic E-state index is -0.532. The Morgan fingerprint density at radius 1 is 1.38 bits per heavy atom. The first-order valence-corrected chi connectivity index (χ1v) is 7.21. The van der Waals surface area contributed by atoms with E-state index in [1.807, 2.05) is 16.9 Å². The maximum atomic E-state index is 11.4. The van der Waals surface area contributed by atoms with E-state index in [0.717, 1.165) is 17.8 Å². The van der Waals surface area contributed by atoms with Crippen molar-refractivity contribution in [3.8, 4) is 11.3 Å². The van der Waals surface area contributed by atoms with Gasteiger partial charge in [0.15, 0.2) is 0 Å². The SMILES string of the molecule is O=C(NO)c1cccc(-c2cn(CC3CCCC3)nn2)c1. The summed E-state index contributed by atoms with van der Waals surface area (Å²) in [7, 11) is 0. The molecule has 0 unspecified atom stereocenters. The highest BCUT2D eigenvalue weighted by Gasteiger charge is 2.16. The van der Waals surface area contributed by atoms with E-state index in [9.17, 15) is 4.79 Å². The summed E-state index contributed by atoms with van der Waals surface area (Å²) >= 11 is 0. The molecule has 1 aromatic heterocycles. The molecule has 21 heavy (non-hydrogen) atoms. The lowest BCUT2D eigenvalue weighted by Gasteiger charge is -2.07. The second kappa shape index (κ2) is 6.05. The van der Waals surface area contributed by atoms with Gasteiger partial charge in [-0.15, -0.1) is 5.10 Å². The number of benzene rings is 1. The third-order valence-corrected chi connectivity index (χ3v) is 3.98. The van der Waals surface area contributed by atoms with Gasteiger partial charge >= 0.3 is 0 Å². The van der Waals surface area contributed by atoms with Gasteiger partial charge in [-0.3, -0.25) is 14.7 Å². The Morgan fingerprint density at radius 3 is 2.95 bits per heavy atom. The van der Waals surface area contributed by atoms with E-state index in [2.05, 4.69) is 10.3 Å².